The third-order valence-electron chi connectivity index (χ3n) is 3.02. The highest BCUT2D eigenvalue weighted by atomic mass is 16.5. The molecule has 0 unspecified atom stereocenters. The van der Waals surface area contributed by atoms with Gasteiger partial charge in [0.25, 0.3) is 0 Å². The van der Waals surface area contributed by atoms with Gasteiger partial charge in [0, 0.05) is 20.2 Å². The molecule has 0 aliphatic carbocycles. The number of nitrogens with zero attached hydrogens (tertiary/aromatic N) is 1. The maximum atomic E-state index is 11.7. The summed E-state index contributed by atoms with van der Waals surface area (Å²) in [5.41, 5.74) is 0. The minimum Gasteiger partial charge on any atom is -0.377 e. The fourth-order valence-electron chi connectivity index (χ4n) is 1.75. The van der Waals surface area contributed by atoms with E-state index in [1.165, 1.54) is 7.05 Å². The summed E-state index contributed by atoms with van der Waals surface area (Å²) in [6.07, 6.45) is 2.32. The number of amides is 3. The Morgan fingerprint density at radius 1 is 1.53 bits per heavy atom. The summed E-state index contributed by atoms with van der Waals surface area (Å²) in [5, 5.41) is 4.61. The largest absolute Gasteiger partial charge is 0.377 e. The lowest BCUT2D eigenvalue weighted by Gasteiger charge is -2.25. The molecule has 1 heterocycles. The summed E-state index contributed by atoms with van der Waals surface area (Å²) in [6, 6.07) is -0.830. The lowest BCUT2D eigenvalue weighted by atomic mass is 10.2. The van der Waals surface area contributed by atoms with Crippen LogP contribution >= 0.6 is 0 Å². The molecule has 2 N–H and O–H groups in total. The van der Waals surface area contributed by atoms with E-state index < -0.39 is 6.03 Å². The highest BCUT2D eigenvalue weighted by Crippen LogP contribution is 2.13. The van der Waals surface area contributed by atoms with E-state index in [0.29, 0.717) is 6.54 Å². The van der Waals surface area contributed by atoms with Crippen molar-refractivity contribution in [1.29, 1.82) is 0 Å². The zero-order valence-corrected chi connectivity index (χ0v) is 10.7. The summed E-state index contributed by atoms with van der Waals surface area (Å²) in [6.45, 7) is 3.28. The summed E-state index contributed by atoms with van der Waals surface area (Å²) in [5.74, 6) is -0.301. The second kappa shape index (κ2) is 6.56. The molecule has 0 aromatic carbocycles. The van der Waals surface area contributed by atoms with Crippen LogP contribution in [0.2, 0.25) is 0 Å². The SMILES string of the molecule is CNC(=O)NC(=O)[C@H](C)N(C)C[C@@H]1CCCO1. The molecule has 1 aliphatic rings. The number of carbonyl (C=O) groups is 2. The number of rotatable bonds is 4. The first-order chi connectivity index (χ1) is 8.04. The van der Waals surface area contributed by atoms with Gasteiger partial charge in [-0.1, -0.05) is 0 Å². The number of urea groups is 1. The Hall–Kier alpha value is -1.14. The van der Waals surface area contributed by atoms with E-state index in [0.717, 1.165) is 19.4 Å². The van der Waals surface area contributed by atoms with Crippen molar-refractivity contribution in [1.82, 2.24) is 15.5 Å². The number of likely N-dealkylation sites (N-methyl/N-ethyl adjacent to an activating group) is 1. The number of hydrogen-bond donors (Lipinski definition) is 2. The van der Waals surface area contributed by atoms with Gasteiger partial charge in [-0.3, -0.25) is 15.0 Å². The van der Waals surface area contributed by atoms with Crippen LogP contribution < -0.4 is 10.6 Å². The third-order valence-corrected chi connectivity index (χ3v) is 3.02. The van der Waals surface area contributed by atoms with Crippen LogP contribution in [0.1, 0.15) is 19.8 Å². The van der Waals surface area contributed by atoms with Crippen molar-refractivity contribution in [2.24, 2.45) is 0 Å². The van der Waals surface area contributed by atoms with Gasteiger partial charge in [0.15, 0.2) is 0 Å². The molecule has 0 spiro atoms. The average Bonchev–Trinajstić information content (AvgIpc) is 2.80. The first-order valence-corrected chi connectivity index (χ1v) is 5.89. The van der Waals surface area contributed by atoms with Crippen molar-refractivity contribution >= 4 is 11.9 Å². The number of imide groups is 1. The molecule has 1 rings (SSSR count). The lowest BCUT2D eigenvalue weighted by Crippen LogP contribution is -2.49. The van der Waals surface area contributed by atoms with Crippen LogP contribution in [0, 0.1) is 0 Å². The molecule has 1 aliphatic heterocycles. The molecule has 3 amide bonds. The molecule has 1 saturated heterocycles. The third kappa shape index (κ3) is 4.32. The first kappa shape index (κ1) is 13.9. The normalized spacial score (nSPS) is 21.3. The van der Waals surface area contributed by atoms with Crippen molar-refractivity contribution in [3.8, 4) is 0 Å². The molecule has 0 aromatic heterocycles. The Morgan fingerprint density at radius 2 is 2.24 bits per heavy atom. The van der Waals surface area contributed by atoms with Gasteiger partial charge in [0.2, 0.25) is 5.91 Å². The van der Waals surface area contributed by atoms with Gasteiger partial charge in [0.05, 0.1) is 12.1 Å². The Kier molecular flexibility index (Phi) is 5.37. The molecule has 98 valence electrons. The van der Waals surface area contributed by atoms with Gasteiger partial charge in [-0.25, -0.2) is 4.79 Å². The highest BCUT2D eigenvalue weighted by Gasteiger charge is 2.24. The predicted octanol–water partition coefficient (Wildman–Crippen LogP) is -0.0587. The summed E-state index contributed by atoms with van der Waals surface area (Å²) in [7, 11) is 3.33. The summed E-state index contributed by atoms with van der Waals surface area (Å²) >= 11 is 0. The van der Waals surface area contributed by atoms with Crippen LogP contribution in [0.5, 0.6) is 0 Å². The van der Waals surface area contributed by atoms with E-state index in [-0.39, 0.29) is 18.1 Å². The molecule has 2 atom stereocenters. The molecule has 0 saturated carbocycles. The Balaban J connectivity index is 2.36. The number of nitrogens with one attached hydrogen (secondary N) is 2. The molecular weight excluding hydrogens is 222 g/mol. The summed E-state index contributed by atoms with van der Waals surface area (Å²) < 4.78 is 5.50. The Bertz CT molecular complexity index is 277. The van der Waals surface area contributed by atoms with E-state index in [1.54, 1.807) is 6.92 Å². The van der Waals surface area contributed by atoms with Crippen molar-refractivity contribution in [2.75, 3.05) is 27.2 Å². The maximum Gasteiger partial charge on any atom is 0.321 e. The van der Waals surface area contributed by atoms with Gasteiger partial charge in [0.1, 0.15) is 0 Å². The molecule has 6 nitrogen and oxygen atoms in total. The molecule has 0 radical (unpaired) electrons. The molecule has 6 heteroatoms. The molecule has 0 bridgehead atoms. The van der Waals surface area contributed by atoms with Gasteiger partial charge in [-0.2, -0.15) is 0 Å². The van der Waals surface area contributed by atoms with E-state index in [9.17, 15) is 9.59 Å². The zero-order valence-electron chi connectivity index (χ0n) is 10.7. The van der Waals surface area contributed by atoms with Crippen LogP contribution in [0.15, 0.2) is 0 Å². The Labute approximate surface area is 102 Å². The second-order valence-electron chi connectivity index (χ2n) is 4.32. The fourth-order valence-corrected chi connectivity index (χ4v) is 1.75. The Morgan fingerprint density at radius 3 is 2.76 bits per heavy atom. The fraction of sp³-hybridized carbons (Fsp3) is 0.818. The van der Waals surface area contributed by atoms with Crippen LogP contribution in [0.3, 0.4) is 0 Å². The van der Waals surface area contributed by atoms with Crippen molar-refractivity contribution in [3.63, 3.8) is 0 Å². The molecular formula is C11H21N3O3. The number of carbonyl (C=O) groups excluding carboxylic acids is 2. The minimum atomic E-state index is -0.479. The highest BCUT2D eigenvalue weighted by molar-refractivity contribution is 5.96. The topological polar surface area (TPSA) is 70.7 Å². The van der Waals surface area contributed by atoms with Gasteiger partial charge < -0.3 is 10.1 Å². The van der Waals surface area contributed by atoms with Crippen LogP contribution in [0.4, 0.5) is 4.79 Å². The maximum absolute atomic E-state index is 11.7. The monoisotopic (exact) mass is 243 g/mol. The zero-order chi connectivity index (χ0) is 12.8. The van der Waals surface area contributed by atoms with E-state index in [4.69, 9.17) is 4.74 Å². The van der Waals surface area contributed by atoms with Crippen molar-refractivity contribution in [3.05, 3.63) is 0 Å². The lowest BCUT2D eigenvalue weighted by molar-refractivity contribution is -0.124. The minimum absolute atomic E-state index is 0.204. The van der Waals surface area contributed by atoms with Crippen molar-refractivity contribution in [2.45, 2.75) is 31.9 Å². The average molecular weight is 243 g/mol. The van der Waals surface area contributed by atoms with Gasteiger partial charge in [-0.05, 0) is 26.8 Å². The summed E-state index contributed by atoms with van der Waals surface area (Å²) in [4.78, 5) is 24.6. The van der Waals surface area contributed by atoms with E-state index in [2.05, 4.69) is 10.6 Å². The van der Waals surface area contributed by atoms with Gasteiger partial charge >= 0.3 is 6.03 Å². The van der Waals surface area contributed by atoms with Crippen LogP contribution in [0.25, 0.3) is 0 Å². The van der Waals surface area contributed by atoms with Crippen LogP contribution in [-0.4, -0.2) is 56.2 Å². The standard InChI is InChI=1S/C11H21N3O3/c1-8(10(15)13-11(16)12-2)14(3)7-9-5-4-6-17-9/h8-9H,4-7H2,1-3H3,(H2,12,13,15,16)/t8-,9-/m0/s1. The number of ether oxygens (including phenoxy) is 1. The smallest absolute Gasteiger partial charge is 0.321 e. The second-order valence-corrected chi connectivity index (χ2v) is 4.32. The van der Waals surface area contributed by atoms with Crippen molar-refractivity contribution < 1.29 is 14.3 Å². The molecule has 17 heavy (non-hydrogen) atoms. The predicted molar refractivity (Wildman–Crippen MR) is 63.7 cm³/mol. The quantitative estimate of drug-likeness (QED) is 0.726. The molecule has 0 aromatic rings. The number of hydrogen-bond acceptors (Lipinski definition) is 4. The van der Waals surface area contributed by atoms with E-state index in [1.807, 2.05) is 11.9 Å². The first-order valence-electron chi connectivity index (χ1n) is 5.89. The van der Waals surface area contributed by atoms with Gasteiger partial charge in [-0.15, -0.1) is 0 Å². The molecule has 1 fully saturated rings. The van der Waals surface area contributed by atoms with E-state index >= 15 is 0 Å². The van der Waals surface area contributed by atoms with Crippen LogP contribution in [-0.2, 0) is 9.53 Å².